The Morgan fingerprint density at radius 3 is 2.79 bits per heavy atom. The third kappa shape index (κ3) is 5.65. The second kappa shape index (κ2) is 7.68. The first-order valence-corrected chi connectivity index (χ1v) is 7.28. The first-order valence-electron chi connectivity index (χ1n) is 5.88. The zero-order valence-corrected chi connectivity index (χ0v) is 11.8. The van der Waals surface area contributed by atoms with Gasteiger partial charge in [0, 0.05) is 18.3 Å². The van der Waals surface area contributed by atoms with E-state index in [4.69, 9.17) is 5.11 Å². The van der Waals surface area contributed by atoms with Gasteiger partial charge < -0.3 is 15.7 Å². The van der Waals surface area contributed by atoms with Gasteiger partial charge in [0.25, 0.3) is 0 Å². The van der Waals surface area contributed by atoms with Gasteiger partial charge in [-0.2, -0.15) is 11.8 Å². The van der Waals surface area contributed by atoms with Gasteiger partial charge in [-0.25, -0.2) is 9.59 Å². The number of hydrogen-bond donors (Lipinski definition) is 3. The van der Waals surface area contributed by atoms with E-state index in [1.807, 2.05) is 13.2 Å². The fourth-order valence-corrected chi connectivity index (χ4v) is 2.15. The van der Waals surface area contributed by atoms with Gasteiger partial charge in [-0.1, -0.05) is 12.1 Å². The summed E-state index contributed by atoms with van der Waals surface area (Å²) in [6, 6.07) is 6.36. The number of rotatable bonds is 6. The maximum Gasteiger partial charge on any atom is 0.335 e. The molecular formula is C13H18N2O3S. The fourth-order valence-electron chi connectivity index (χ4n) is 1.56. The number of hydrogen-bond acceptors (Lipinski definition) is 3. The Hall–Kier alpha value is -1.69. The van der Waals surface area contributed by atoms with Crippen molar-refractivity contribution in [1.29, 1.82) is 0 Å². The Labute approximate surface area is 116 Å². The molecule has 1 unspecified atom stereocenters. The largest absolute Gasteiger partial charge is 0.478 e. The van der Waals surface area contributed by atoms with Gasteiger partial charge in [0.2, 0.25) is 0 Å². The second-order valence-corrected chi connectivity index (χ2v) is 5.10. The van der Waals surface area contributed by atoms with Crippen LogP contribution >= 0.6 is 11.8 Å². The van der Waals surface area contributed by atoms with E-state index in [2.05, 4.69) is 10.6 Å². The number of benzene rings is 1. The topological polar surface area (TPSA) is 78.4 Å². The minimum Gasteiger partial charge on any atom is -0.478 e. The number of urea groups is 1. The number of nitrogens with one attached hydrogen (secondary N) is 2. The minimum atomic E-state index is -0.972. The van der Waals surface area contributed by atoms with Gasteiger partial charge in [0.05, 0.1) is 5.56 Å². The zero-order valence-electron chi connectivity index (χ0n) is 11.0. The number of thioether (sulfide) groups is 1. The summed E-state index contributed by atoms with van der Waals surface area (Å²) < 4.78 is 0. The van der Waals surface area contributed by atoms with E-state index in [9.17, 15) is 9.59 Å². The second-order valence-electron chi connectivity index (χ2n) is 4.19. The quantitative estimate of drug-likeness (QED) is 0.745. The number of carboxylic acids is 1. The Kier molecular flexibility index (Phi) is 6.21. The van der Waals surface area contributed by atoms with Crippen LogP contribution in [0, 0.1) is 0 Å². The molecule has 0 fully saturated rings. The van der Waals surface area contributed by atoms with Crippen molar-refractivity contribution in [3.05, 3.63) is 35.4 Å². The van der Waals surface area contributed by atoms with Gasteiger partial charge in [0.1, 0.15) is 0 Å². The standard InChI is InChI=1S/C13H18N2O3S/c1-9(8-19-2)15-13(18)14-7-10-4-3-5-11(6-10)12(16)17/h3-6,9H,7-8H2,1-2H3,(H,16,17)(H2,14,15,18). The first-order chi connectivity index (χ1) is 9.02. The molecule has 1 aromatic carbocycles. The molecule has 19 heavy (non-hydrogen) atoms. The molecule has 1 aromatic rings. The molecule has 0 radical (unpaired) electrons. The van der Waals surface area contributed by atoms with Crippen LogP contribution in [0.5, 0.6) is 0 Å². The number of aromatic carboxylic acids is 1. The lowest BCUT2D eigenvalue weighted by molar-refractivity contribution is 0.0696. The molecule has 0 spiro atoms. The summed E-state index contributed by atoms with van der Waals surface area (Å²) in [6.07, 6.45) is 1.98. The lowest BCUT2D eigenvalue weighted by atomic mass is 10.1. The van der Waals surface area contributed by atoms with Crippen LogP contribution in [-0.4, -0.2) is 35.2 Å². The monoisotopic (exact) mass is 282 g/mol. The first kappa shape index (κ1) is 15.4. The van der Waals surface area contributed by atoms with Gasteiger partial charge in [-0.05, 0) is 30.9 Å². The van der Waals surface area contributed by atoms with E-state index >= 15 is 0 Å². The third-order valence-electron chi connectivity index (χ3n) is 2.42. The highest BCUT2D eigenvalue weighted by Crippen LogP contribution is 2.05. The van der Waals surface area contributed by atoms with Crippen LogP contribution in [0.2, 0.25) is 0 Å². The number of amides is 2. The Balaban J connectivity index is 2.46. The van der Waals surface area contributed by atoms with Crippen LogP contribution in [0.25, 0.3) is 0 Å². The molecule has 0 heterocycles. The molecule has 0 aliphatic heterocycles. The summed E-state index contributed by atoms with van der Waals surface area (Å²) in [5.41, 5.74) is 0.975. The molecule has 0 aliphatic rings. The maximum absolute atomic E-state index is 11.6. The normalized spacial score (nSPS) is 11.7. The van der Waals surface area contributed by atoms with E-state index in [-0.39, 0.29) is 17.6 Å². The predicted molar refractivity (Wildman–Crippen MR) is 76.6 cm³/mol. The highest BCUT2D eigenvalue weighted by atomic mass is 32.2. The smallest absolute Gasteiger partial charge is 0.335 e. The highest BCUT2D eigenvalue weighted by molar-refractivity contribution is 7.98. The van der Waals surface area contributed by atoms with Crippen LogP contribution in [0.15, 0.2) is 24.3 Å². The van der Waals surface area contributed by atoms with Gasteiger partial charge in [-0.15, -0.1) is 0 Å². The van der Waals surface area contributed by atoms with Crippen LogP contribution in [0.4, 0.5) is 4.79 Å². The van der Waals surface area contributed by atoms with E-state index in [1.54, 1.807) is 30.0 Å². The van der Waals surface area contributed by atoms with Crippen molar-refractivity contribution in [1.82, 2.24) is 10.6 Å². The zero-order chi connectivity index (χ0) is 14.3. The van der Waals surface area contributed by atoms with Crippen molar-refractivity contribution in [2.45, 2.75) is 19.5 Å². The molecule has 104 valence electrons. The predicted octanol–water partition coefficient (Wildman–Crippen LogP) is 1.94. The lowest BCUT2D eigenvalue weighted by Crippen LogP contribution is -2.41. The van der Waals surface area contributed by atoms with Gasteiger partial charge in [-0.3, -0.25) is 0 Å². The molecular weight excluding hydrogens is 264 g/mol. The van der Waals surface area contributed by atoms with E-state index in [1.165, 1.54) is 6.07 Å². The number of carbonyl (C=O) groups excluding carboxylic acids is 1. The van der Waals surface area contributed by atoms with E-state index in [0.29, 0.717) is 6.54 Å². The molecule has 0 saturated carbocycles. The molecule has 3 N–H and O–H groups in total. The average Bonchev–Trinajstić information content (AvgIpc) is 2.37. The molecule has 0 aromatic heterocycles. The molecule has 6 heteroatoms. The third-order valence-corrected chi connectivity index (χ3v) is 3.25. The van der Waals surface area contributed by atoms with Crippen molar-refractivity contribution in [3.63, 3.8) is 0 Å². The summed E-state index contributed by atoms with van der Waals surface area (Å²) >= 11 is 1.66. The Morgan fingerprint density at radius 1 is 1.42 bits per heavy atom. The summed E-state index contributed by atoms with van der Waals surface area (Å²) in [5, 5.41) is 14.4. The Morgan fingerprint density at radius 2 is 2.16 bits per heavy atom. The summed E-state index contributed by atoms with van der Waals surface area (Å²) in [6.45, 7) is 2.24. The SMILES string of the molecule is CSCC(C)NC(=O)NCc1cccc(C(=O)O)c1. The van der Waals surface area contributed by atoms with Crippen LogP contribution < -0.4 is 10.6 Å². The van der Waals surface area contributed by atoms with E-state index < -0.39 is 5.97 Å². The molecule has 1 rings (SSSR count). The van der Waals surface area contributed by atoms with Crippen LogP contribution in [-0.2, 0) is 6.54 Å². The van der Waals surface area contributed by atoms with Crippen molar-refractivity contribution < 1.29 is 14.7 Å². The van der Waals surface area contributed by atoms with Gasteiger partial charge >= 0.3 is 12.0 Å². The molecule has 0 aliphatic carbocycles. The molecule has 0 bridgehead atoms. The number of carboxylic acid groups (broad SMARTS) is 1. The van der Waals surface area contributed by atoms with E-state index in [0.717, 1.165) is 11.3 Å². The van der Waals surface area contributed by atoms with Crippen molar-refractivity contribution >= 4 is 23.8 Å². The average molecular weight is 282 g/mol. The summed E-state index contributed by atoms with van der Waals surface area (Å²) in [7, 11) is 0. The minimum absolute atomic E-state index is 0.0975. The molecule has 1 atom stereocenters. The Bertz CT molecular complexity index is 451. The van der Waals surface area contributed by atoms with Gasteiger partial charge in [0.15, 0.2) is 0 Å². The fraction of sp³-hybridized carbons (Fsp3) is 0.385. The highest BCUT2D eigenvalue weighted by Gasteiger charge is 2.07. The lowest BCUT2D eigenvalue weighted by Gasteiger charge is -2.13. The summed E-state index contributed by atoms with van der Waals surface area (Å²) in [4.78, 5) is 22.4. The maximum atomic E-state index is 11.6. The van der Waals surface area contributed by atoms with Crippen molar-refractivity contribution in [2.75, 3.05) is 12.0 Å². The number of carbonyl (C=O) groups is 2. The summed E-state index contributed by atoms with van der Waals surface area (Å²) in [5.74, 6) is -0.123. The molecule has 2 amide bonds. The van der Waals surface area contributed by atoms with Crippen molar-refractivity contribution in [2.24, 2.45) is 0 Å². The van der Waals surface area contributed by atoms with Crippen LogP contribution in [0.1, 0.15) is 22.8 Å². The molecule has 0 saturated heterocycles. The van der Waals surface area contributed by atoms with Crippen LogP contribution in [0.3, 0.4) is 0 Å². The molecule has 5 nitrogen and oxygen atoms in total. The van der Waals surface area contributed by atoms with Crippen molar-refractivity contribution in [3.8, 4) is 0 Å².